The average Bonchev–Trinajstić information content (AvgIpc) is 2.85. The maximum Gasteiger partial charge on any atom is 0.235 e. The van der Waals surface area contributed by atoms with E-state index >= 15 is 0 Å². The van der Waals surface area contributed by atoms with Crippen LogP contribution < -0.4 is 19.6 Å². The first-order valence-corrected chi connectivity index (χ1v) is 12.0. The number of ether oxygens (including phenoxy) is 3. The third-order valence-electron chi connectivity index (χ3n) is 5.78. The number of aryl methyl sites for hydroxylation is 1. The second-order valence-corrected chi connectivity index (χ2v) is 9.04. The SMILES string of the molecule is CCOc1ccccc1Oc1c(C)oc2c3c(ccc2c1=O)OCN(Cc1ccc(Cl)c(Cl)c1)C3. The van der Waals surface area contributed by atoms with E-state index in [4.69, 9.17) is 41.8 Å². The standard InChI is InChI=1S/C27H23Cl2NO5/c1-3-32-23-6-4-5-7-24(23)35-26-16(2)34-27-18(25(26)31)9-11-22-19(27)14-30(15-33-22)13-17-8-10-20(28)21(29)12-17/h4-12H,3,13-15H2,1-2H3. The van der Waals surface area contributed by atoms with Crippen LogP contribution in [0.2, 0.25) is 10.0 Å². The minimum absolute atomic E-state index is 0.133. The van der Waals surface area contributed by atoms with Crippen LogP contribution in [0.15, 0.2) is 63.8 Å². The lowest BCUT2D eigenvalue weighted by molar-refractivity contribution is 0.0889. The molecule has 1 aromatic heterocycles. The molecule has 5 rings (SSSR count). The second-order valence-electron chi connectivity index (χ2n) is 8.23. The number of hydrogen-bond donors (Lipinski definition) is 0. The molecule has 3 aromatic carbocycles. The molecule has 4 aromatic rings. The minimum Gasteiger partial charge on any atom is -0.490 e. The van der Waals surface area contributed by atoms with Gasteiger partial charge in [-0.1, -0.05) is 41.4 Å². The molecule has 0 spiro atoms. The molecule has 0 saturated heterocycles. The molecule has 0 aliphatic carbocycles. The first kappa shape index (κ1) is 23.5. The monoisotopic (exact) mass is 511 g/mol. The first-order chi connectivity index (χ1) is 16.9. The molecule has 180 valence electrons. The molecule has 6 nitrogen and oxygen atoms in total. The van der Waals surface area contributed by atoms with Crippen molar-refractivity contribution in [2.75, 3.05) is 13.3 Å². The van der Waals surface area contributed by atoms with E-state index in [1.54, 1.807) is 37.3 Å². The summed E-state index contributed by atoms with van der Waals surface area (Å²) in [5.74, 6) is 2.22. The predicted octanol–water partition coefficient (Wildman–Crippen LogP) is 6.95. The fourth-order valence-corrected chi connectivity index (χ4v) is 4.46. The summed E-state index contributed by atoms with van der Waals surface area (Å²) in [6.07, 6.45) is 0. The van der Waals surface area contributed by atoms with Gasteiger partial charge in [0.1, 0.15) is 23.8 Å². The number of halogens is 2. The quantitative estimate of drug-likeness (QED) is 0.279. The maximum absolute atomic E-state index is 13.4. The van der Waals surface area contributed by atoms with Crippen molar-refractivity contribution in [1.82, 2.24) is 4.90 Å². The van der Waals surface area contributed by atoms with E-state index in [9.17, 15) is 4.79 Å². The molecule has 35 heavy (non-hydrogen) atoms. The van der Waals surface area contributed by atoms with Crippen molar-refractivity contribution >= 4 is 34.2 Å². The number of hydrogen-bond acceptors (Lipinski definition) is 6. The molecule has 0 unspecified atom stereocenters. The van der Waals surface area contributed by atoms with Gasteiger partial charge < -0.3 is 18.6 Å². The van der Waals surface area contributed by atoms with Gasteiger partial charge in [0.05, 0.1) is 27.6 Å². The Morgan fingerprint density at radius 3 is 2.60 bits per heavy atom. The lowest BCUT2D eigenvalue weighted by Gasteiger charge is -2.29. The summed E-state index contributed by atoms with van der Waals surface area (Å²) in [7, 11) is 0. The lowest BCUT2D eigenvalue weighted by atomic mass is 10.1. The summed E-state index contributed by atoms with van der Waals surface area (Å²) in [6.45, 7) is 5.64. The molecular formula is C27H23Cl2NO5. The van der Waals surface area contributed by atoms with Gasteiger partial charge >= 0.3 is 0 Å². The van der Waals surface area contributed by atoms with Gasteiger partial charge in [0.15, 0.2) is 11.5 Å². The maximum atomic E-state index is 13.4. The summed E-state index contributed by atoms with van der Waals surface area (Å²) in [5.41, 5.74) is 2.07. The number of fused-ring (bicyclic) bond motifs is 3. The Balaban J connectivity index is 1.48. The van der Waals surface area contributed by atoms with Crippen LogP contribution in [0.3, 0.4) is 0 Å². The molecule has 1 aliphatic rings. The average molecular weight is 512 g/mol. The number of para-hydroxylation sites is 2. The van der Waals surface area contributed by atoms with Gasteiger partial charge in [-0.25, -0.2) is 0 Å². The van der Waals surface area contributed by atoms with Gasteiger partial charge in [-0.05, 0) is 55.8 Å². The van der Waals surface area contributed by atoms with Crippen molar-refractivity contribution in [1.29, 1.82) is 0 Å². The van der Waals surface area contributed by atoms with Crippen molar-refractivity contribution in [2.45, 2.75) is 26.9 Å². The van der Waals surface area contributed by atoms with Gasteiger partial charge in [0.25, 0.3) is 0 Å². The van der Waals surface area contributed by atoms with Crippen LogP contribution in [0.4, 0.5) is 0 Å². The van der Waals surface area contributed by atoms with E-state index in [1.165, 1.54) is 0 Å². The molecule has 0 atom stereocenters. The Hall–Kier alpha value is -3.19. The van der Waals surface area contributed by atoms with E-state index < -0.39 is 0 Å². The Bertz CT molecular complexity index is 1470. The summed E-state index contributed by atoms with van der Waals surface area (Å²) in [5, 5.41) is 1.45. The Morgan fingerprint density at radius 1 is 1.03 bits per heavy atom. The highest BCUT2D eigenvalue weighted by molar-refractivity contribution is 6.42. The molecule has 0 radical (unpaired) electrons. The van der Waals surface area contributed by atoms with Gasteiger partial charge in [0.2, 0.25) is 11.2 Å². The third-order valence-corrected chi connectivity index (χ3v) is 6.52. The fourth-order valence-electron chi connectivity index (χ4n) is 4.14. The molecule has 0 saturated carbocycles. The second kappa shape index (κ2) is 9.82. The minimum atomic E-state index is -0.251. The van der Waals surface area contributed by atoms with Crippen LogP contribution in [0.5, 0.6) is 23.0 Å². The Morgan fingerprint density at radius 2 is 1.83 bits per heavy atom. The van der Waals surface area contributed by atoms with Crippen LogP contribution in [0.1, 0.15) is 23.8 Å². The fraction of sp³-hybridized carbons (Fsp3) is 0.222. The highest BCUT2D eigenvalue weighted by Crippen LogP contribution is 2.36. The predicted molar refractivity (Wildman–Crippen MR) is 136 cm³/mol. The molecular weight excluding hydrogens is 489 g/mol. The normalized spacial score (nSPS) is 13.4. The van der Waals surface area contributed by atoms with Crippen LogP contribution in [0, 0.1) is 6.92 Å². The largest absolute Gasteiger partial charge is 0.490 e. The topological polar surface area (TPSA) is 61.1 Å². The van der Waals surface area contributed by atoms with Crippen molar-refractivity contribution in [3.05, 3.63) is 91.8 Å². The Labute approximate surface area is 212 Å². The van der Waals surface area contributed by atoms with E-state index in [0.717, 1.165) is 11.1 Å². The number of nitrogens with zero attached hydrogens (tertiary/aromatic N) is 1. The molecule has 0 bridgehead atoms. The molecule has 0 N–H and O–H groups in total. The van der Waals surface area contributed by atoms with Crippen molar-refractivity contribution < 1.29 is 18.6 Å². The van der Waals surface area contributed by atoms with Crippen LogP contribution >= 0.6 is 23.2 Å². The highest BCUT2D eigenvalue weighted by atomic mass is 35.5. The summed E-state index contributed by atoms with van der Waals surface area (Å²) < 4.78 is 23.8. The zero-order valence-electron chi connectivity index (χ0n) is 19.3. The van der Waals surface area contributed by atoms with Gasteiger partial charge in [-0.3, -0.25) is 9.69 Å². The molecule has 1 aliphatic heterocycles. The van der Waals surface area contributed by atoms with Crippen molar-refractivity contribution in [3.63, 3.8) is 0 Å². The molecule has 0 fully saturated rings. The first-order valence-electron chi connectivity index (χ1n) is 11.2. The highest BCUT2D eigenvalue weighted by Gasteiger charge is 2.25. The lowest BCUT2D eigenvalue weighted by Crippen LogP contribution is -2.31. The van der Waals surface area contributed by atoms with E-state index in [0.29, 0.717) is 70.5 Å². The summed E-state index contributed by atoms with van der Waals surface area (Å²) >= 11 is 12.2. The van der Waals surface area contributed by atoms with Crippen LogP contribution in [0.25, 0.3) is 11.0 Å². The van der Waals surface area contributed by atoms with Gasteiger partial charge in [-0.15, -0.1) is 0 Å². The van der Waals surface area contributed by atoms with E-state index in [-0.39, 0.29) is 11.2 Å². The zero-order valence-corrected chi connectivity index (χ0v) is 20.8. The van der Waals surface area contributed by atoms with E-state index in [1.807, 2.05) is 31.2 Å². The summed E-state index contributed by atoms with van der Waals surface area (Å²) in [4.78, 5) is 15.5. The summed E-state index contributed by atoms with van der Waals surface area (Å²) in [6, 6.07) is 16.3. The zero-order chi connectivity index (χ0) is 24.5. The van der Waals surface area contributed by atoms with Crippen molar-refractivity contribution in [2.24, 2.45) is 0 Å². The molecule has 2 heterocycles. The van der Waals surface area contributed by atoms with Crippen molar-refractivity contribution in [3.8, 4) is 23.0 Å². The molecule has 8 heteroatoms. The Kier molecular flexibility index (Phi) is 6.60. The van der Waals surface area contributed by atoms with Crippen LogP contribution in [-0.2, 0) is 13.1 Å². The van der Waals surface area contributed by atoms with Gasteiger partial charge in [-0.2, -0.15) is 0 Å². The number of benzene rings is 3. The van der Waals surface area contributed by atoms with Crippen LogP contribution in [-0.4, -0.2) is 18.2 Å². The van der Waals surface area contributed by atoms with Gasteiger partial charge in [0, 0.05) is 13.1 Å². The smallest absolute Gasteiger partial charge is 0.235 e. The molecule has 0 amide bonds. The van der Waals surface area contributed by atoms with E-state index in [2.05, 4.69) is 4.90 Å². The third kappa shape index (κ3) is 4.69. The number of rotatable bonds is 6.